The molecule has 0 aromatic carbocycles. The van der Waals surface area contributed by atoms with Gasteiger partial charge in [0, 0.05) is 5.56 Å². The van der Waals surface area contributed by atoms with Gasteiger partial charge >= 0.3 is 0 Å². The van der Waals surface area contributed by atoms with Gasteiger partial charge in [-0.2, -0.15) is 0 Å². The summed E-state index contributed by atoms with van der Waals surface area (Å²) in [5.74, 6) is -0.180. The number of ether oxygens (including phenoxy) is 1. The monoisotopic (exact) mass is 211 g/mol. The molecule has 1 aromatic rings. The fraction of sp³-hybridized carbons (Fsp3) is 0.364. The van der Waals surface area contributed by atoms with E-state index in [4.69, 9.17) is 9.84 Å². The van der Waals surface area contributed by atoms with Crippen molar-refractivity contribution in [1.29, 1.82) is 0 Å². The van der Waals surface area contributed by atoms with Crippen molar-refractivity contribution in [2.45, 2.75) is 19.4 Å². The van der Waals surface area contributed by atoms with Crippen molar-refractivity contribution >= 4 is 0 Å². The Kier molecular flexibility index (Phi) is 4.77. The van der Waals surface area contributed by atoms with Gasteiger partial charge in [0.25, 0.3) is 0 Å². The molecule has 1 N–H and O–H groups in total. The van der Waals surface area contributed by atoms with Crippen molar-refractivity contribution in [2.75, 3.05) is 6.61 Å². The molecule has 0 fully saturated rings. The lowest BCUT2D eigenvalue weighted by molar-refractivity contribution is 0.255. The van der Waals surface area contributed by atoms with E-state index in [1.807, 2.05) is 0 Å². The number of rotatable bonds is 6. The second-order valence-corrected chi connectivity index (χ2v) is 3.06. The predicted octanol–water partition coefficient (Wildman–Crippen LogP) is 2.06. The van der Waals surface area contributed by atoms with Crippen LogP contribution in [0.15, 0.2) is 24.9 Å². The topological polar surface area (TPSA) is 42.4 Å². The summed E-state index contributed by atoms with van der Waals surface area (Å²) in [4.78, 5) is 3.76. The first kappa shape index (κ1) is 11.7. The van der Waals surface area contributed by atoms with Gasteiger partial charge in [-0.25, -0.2) is 9.37 Å². The zero-order chi connectivity index (χ0) is 11.1. The quantitative estimate of drug-likeness (QED) is 0.578. The van der Waals surface area contributed by atoms with E-state index in [-0.39, 0.29) is 6.61 Å². The maximum absolute atomic E-state index is 12.7. The van der Waals surface area contributed by atoms with Crippen LogP contribution in [0.1, 0.15) is 18.4 Å². The van der Waals surface area contributed by atoms with Crippen LogP contribution in [-0.2, 0) is 6.61 Å². The molecule has 1 heterocycles. The lowest BCUT2D eigenvalue weighted by atomic mass is 10.3. The Labute approximate surface area is 88.2 Å². The first-order chi connectivity index (χ1) is 7.27. The highest BCUT2D eigenvalue weighted by Gasteiger charge is 2.05. The summed E-state index contributed by atoms with van der Waals surface area (Å²) in [6.07, 6.45) is 4.56. The minimum absolute atomic E-state index is 0.276. The molecule has 0 bridgehead atoms. The van der Waals surface area contributed by atoms with Crippen LogP contribution in [-0.4, -0.2) is 16.7 Å². The molecule has 0 aliphatic heterocycles. The molecular weight excluding hydrogens is 197 g/mol. The minimum Gasteiger partial charge on any atom is -0.477 e. The summed E-state index contributed by atoms with van der Waals surface area (Å²) in [5, 5.41) is 8.94. The standard InChI is InChI=1S/C11H14FNO2/c1-2-3-4-5-15-11-9(8-14)6-10(12)7-13-11/h2,6-7,14H,1,3-5,8H2. The third-order valence-electron chi connectivity index (χ3n) is 1.85. The number of unbranched alkanes of at least 4 members (excludes halogenated alkanes) is 1. The third-order valence-corrected chi connectivity index (χ3v) is 1.85. The highest BCUT2D eigenvalue weighted by atomic mass is 19.1. The zero-order valence-corrected chi connectivity index (χ0v) is 8.45. The predicted molar refractivity (Wildman–Crippen MR) is 55.0 cm³/mol. The average Bonchev–Trinajstić information content (AvgIpc) is 2.26. The molecule has 0 saturated carbocycles. The zero-order valence-electron chi connectivity index (χ0n) is 8.45. The molecular formula is C11H14FNO2. The minimum atomic E-state index is -0.475. The van der Waals surface area contributed by atoms with E-state index in [9.17, 15) is 4.39 Å². The number of nitrogens with zero attached hydrogens (tertiary/aromatic N) is 1. The second-order valence-electron chi connectivity index (χ2n) is 3.06. The third kappa shape index (κ3) is 3.67. The molecule has 1 rings (SSSR count). The van der Waals surface area contributed by atoms with Crippen molar-refractivity contribution in [3.63, 3.8) is 0 Å². The Hall–Kier alpha value is -1.42. The molecule has 0 aliphatic rings. The molecule has 4 heteroatoms. The maximum atomic E-state index is 12.7. The number of pyridine rings is 1. The summed E-state index contributed by atoms with van der Waals surface area (Å²) in [6.45, 7) is 3.80. The molecule has 0 radical (unpaired) electrons. The van der Waals surface area contributed by atoms with Gasteiger partial charge < -0.3 is 9.84 Å². The van der Waals surface area contributed by atoms with Gasteiger partial charge in [-0.1, -0.05) is 6.08 Å². The molecule has 1 aromatic heterocycles. The van der Waals surface area contributed by atoms with Crippen LogP contribution in [0.5, 0.6) is 5.88 Å². The molecule has 82 valence electrons. The SMILES string of the molecule is C=CCCCOc1ncc(F)cc1CO. The van der Waals surface area contributed by atoms with E-state index in [1.165, 1.54) is 6.07 Å². The number of allylic oxidation sites excluding steroid dienone is 1. The fourth-order valence-electron chi connectivity index (χ4n) is 1.11. The van der Waals surface area contributed by atoms with E-state index < -0.39 is 5.82 Å². The van der Waals surface area contributed by atoms with Crippen molar-refractivity contribution in [3.8, 4) is 5.88 Å². The molecule has 0 saturated heterocycles. The number of aliphatic hydroxyl groups is 1. The Morgan fingerprint density at radius 2 is 2.40 bits per heavy atom. The van der Waals surface area contributed by atoms with Crippen LogP contribution < -0.4 is 4.74 Å². The number of hydrogen-bond donors (Lipinski definition) is 1. The summed E-state index contributed by atoms with van der Waals surface area (Å²) in [5.41, 5.74) is 0.369. The first-order valence-corrected chi connectivity index (χ1v) is 4.77. The van der Waals surface area contributed by atoms with Gasteiger partial charge in [-0.3, -0.25) is 0 Å². The van der Waals surface area contributed by atoms with Crippen molar-refractivity contribution in [2.24, 2.45) is 0 Å². The summed E-state index contributed by atoms with van der Waals surface area (Å²) < 4.78 is 18.0. The maximum Gasteiger partial charge on any atom is 0.219 e. The second kappa shape index (κ2) is 6.14. The molecule has 0 aliphatic carbocycles. The van der Waals surface area contributed by atoms with Gasteiger partial charge in [0.15, 0.2) is 0 Å². The largest absolute Gasteiger partial charge is 0.477 e. The van der Waals surface area contributed by atoms with Gasteiger partial charge in [-0.15, -0.1) is 6.58 Å². The highest BCUT2D eigenvalue weighted by molar-refractivity contribution is 5.25. The van der Waals surface area contributed by atoms with Gasteiger partial charge in [0.05, 0.1) is 19.4 Å². The first-order valence-electron chi connectivity index (χ1n) is 4.77. The van der Waals surface area contributed by atoms with Crippen LogP contribution >= 0.6 is 0 Å². The van der Waals surface area contributed by atoms with Gasteiger partial charge in [-0.05, 0) is 18.9 Å². The molecule has 0 amide bonds. The molecule has 0 atom stereocenters. The Bertz CT molecular complexity index is 328. The van der Waals surface area contributed by atoms with E-state index >= 15 is 0 Å². The van der Waals surface area contributed by atoms with Gasteiger partial charge in [0.2, 0.25) is 5.88 Å². The summed E-state index contributed by atoms with van der Waals surface area (Å²) >= 11 is 0. The Morgan fingerprint density at radius 1 is 1.60 bits per heavy atom. The Balaban J connectivity index is 2.55. The normalized spacial score (nSPS) is 10.0. The van der Waals surface area contributed by atoms with Crippen LogP contribution in [0, 0.1) is 5.82 Å². The van der Waals surface area contributed by atoms with Crippen LogP contribution in [0.25, 0.3) is 0 Å². The van der Waals surface area contributed by atoms with E-state index in [0.717, 1.165) is 19.0 Å². The van der Waals surface area contributed by atoms with Crippen molar-refractivity contribution in [1.82, 2.24) is 4.98 Å². The highest BCUT2D eigenvalue weighted by Crippen LogP contribution is 2.16. The van der Waals surface area contributed by atoms with Crippen LogP contribution in [0.3, 0.4) is 0 Å². The average molecular weight is 211 g/mol. The van der Waals surface area contributed by atoms with E-state index in [1.54, 1.807) is 6.08 Å². The molecule has 15 heavy (non-hydrogen) atoms. The van der Waals surface area contributed by atoms with E-state index in [2.05, 4.69) is 11.6 Å². The molecule has 0 spiro atoms. The van der Waals surface area contributed by atoms with Crippen LogP contribution in [0.2, 0.25) is 0 Å². The number of halogens is 1. The molecule has 3 nitrogen and oxygen atoms in total. The smallest absolute Gasteiger partial charge is 0.219 e. The fourth-order valence-corrected chi connectivity index (χ4v) is 1.11. The van der Waals surface area contributed by atoms with E-state index in [0.29, 0.717) is 18.1 Å². The van der Waals surface area contributed by atoms with Crippen molar-refractivity contribution < 1.29 is 14.2 Å². The molecule has 0 unspecified atom stereocenters. The van der Waals surface area contributed by atoms with Crippen LogP contribution in [0.4, 0.5) is 4.39 Å². The lowest BCUT2D eigenvalue weighted by Crippen LogP contribution is -2.02. The summed E-state index contributed by atoms with van der Waals surface area (Å²) in [6, 6.07) is 1.22. The summed E-state index contributed by atoms with van der Waals surface area (Å²) in [7, 11) is 0. The number of aliphatic hydroxyl groups excluding tert-OH is 1. The lowest BCUT2D eigenvalue weighted by Gasteiger charge is -2.07. The Morgan fingerprint density at radius 3 is 3.07 bits per heavy atom. The number of hydrogen-bond acceptors (Lipinski definition) is 3. The van der Waals surface area contributed by atoms with Gasteiger partial charge in [0.1, 0.15) is 5.82 Å². The number of aromatic nitrogens is 1. The van der Waals surface area contributed by atoms with Crippen molar-refractivity contribution in [3.05, 3.63) is 36.3 Å².